The zero-order valence-electron chi connectivity index (χ0n) is 7.09. The van der Waals surface area contributed by atoms with E-state index in [1.165, 1.54) is 0 Å². The highest BCUT2D eigenvalue weighted by Crippen LogP contribution is 2.05. The zero-order valence-corrected chi connectivity index (χ0v) is 7.91. The van der Waals surface area contributed by atoms with Gasteiger partial charge in [-0.15, -0.1) is 0 Å². The van der Waals surface area contributed by atoms with Gasteiger partial charge in [-0.25, -0.2) is 0 Å². The summed E-state index contributed by atoms with van der Waals surface area (Å²) in [5.41, 5.74) is 8.25. The van der Waals surface area contributed by atoms with Crippen LogP contribution in [0.4, 0.5) is 0 Å². The summed E-state index contributed by atoms with van der Waals surface area (Å²) < 4.78 is 0. The van der Waals surface area contributed by atoms with E-state index in [-0.39, 0.29) is 6.04 Å². The third kappa shape index (κ3) is 5.12. The summed E-state index contributed by atoms with van der Waals surface area (Å²) in [6.45, 7) is 3.68. The zero-order chi connectivity index (χ0) is 8.69. The highest BCUT2D eigenvalue weighted by atomic mass is 32.2. The second-order valence-corrected chi connectivity index (χ2v) is 3.15. The highest BCUT2D eigenvalue weighted by molar-refractivity contribution is 7.98. The van der Waals surface area contributed by atoms with Gasteiger partial charge in [0.05, 0.1) is 6.04 Å². The monoisotopic (exact) mass is 176 g/mol. The lowest BCUT2D eigenvalue weighted by Crippen LogP contribution is -2.26. The highest BCUT2D eigenvalue weighted by Gasteiger charge is 2.06. The molecule has 0 saturated heterocycles. The molecule has 0 aromatic heterocycles. The molecule has 0 aromatic carbocycles. The van der Waals surface area contributed by atoms with Crippen LogP contribution < -0.4 is 11.2 Å². The standard InChI is InChI=1S/C7H16N2OS/c1-6(10-9-2)7(8)4-5-11-3/h7,9H,1,4-5,8H2,2-3H3/t7-/m0/s1. The van der Waals surface area contributed by atoms with Crippen LogP contribution in [0.5, 0.6) is 0 Å². The van der Waals surface area contributed by atoms with Crippen molar-refractivity contribution >= 4 is 11.8 Å². The van der Waals surface area contributed by atoms with Gasteiger partial charge in [-0.3, -0.25) is 0 Å². The Hall–Kier alpha value is -0.190. The van der Waals surface area contributed by atoms with Crippen LogP contribution in [-0.2, 0) is 4.84 Å². The molecule has 0 fully saturated rings. The Morgan fingerprint density at radius 3 is 2.91 bits per heavy atom. The molecule has 4 heteroatoms. The Balaban J connectivity index is 3.46. The molecule has 0 saturated carbocycles. The topological polar surface area (TPSA) is 47.3 Å². The van der Waals surface area contributed by atoms with Crippen molar-refractivity contribution in [3.63, 3.8) is 0 Å². The van der Waals surface area contributed by atoms with E-state index in [2.05, 4.69) is 18.3 Å². The van der Waals surface area contributed by atoms with Crippen LogP contribution >= 0.6 is 11.8 Å². The summed E-state index contributed by atoms with van der Waals surface area (Å²) in [6.07, 6.45) is 2.95. The predicted octanol–water partition coefficient (Wildman–Crippen LogP) is 0.731. The average molecular weight is 176 g/mol. The molecule has 0 rings (SSSR count). The molecule has 0 unspecified atom stereocenters. The Labute approximate surface area is 72.3 Å². The van der Waals surface area contributed by atoms with Gasteiger partial charge in [-0.2, -0.15) is 17.2 Å². The summed E-state index contributed by atoms with van der Waals surface area (Å²) >= 11 is 1.77. The fourth-order valence-electron chi connectivity index (χ4n) is 0.613. The van der Waals surface area contributed by atoms with Gasteiger partial charge < -0.3 is 10.6 Å². The van der Waals surface area contributed by atoms with Crippen molar-refractivity contribution in [3.05, 3.63) is 12.3 Å². The molecule has 3 nitrogen and oxygen atoms in total. The lowest BCUT2D eigenvalue weighted by atomic mass is 10.2. The van der Waals surface area contributed by atoms with Gasteiger partial charge in [0.25, 0.3) is 0 Å². The molecule has 0 aliphatic rings. The second-order valence-electron chi connectivity index (χ2n) is 2.16. The maximum Gasteiger partial charge on any atom is 0.133 e. The summed E-state index contributed by atoms with van der Waals surface area (Å²) in [6, 6.07) is -0.0603. The summed E-state index contributed by atoms with van der Waals surface area (Å²) in [7, 11) is 1.69. The fraction of sp³-hybridized carbons (Fsp3) is 0.714. The Morgan fingerprint density at radius 2 is 2.45 bits per heavy atom. The molecule has 0 aliphatic heterocycles. The Morgan fingerprint density at radius 1 is 1.82 bits per heavy atom. The normalized spacial score (nSPS) is 12.6. The molecule has 3 N–H and O–H groups in total. The van der Waals surface area contributed by atoms with Crippen molar-refractivity contribution < 1.29 is 4.84 Å². The minimum absolute atomic E-state index is 0.0603. The van der Waals surface area contributed by atoms with Gasteiger partial charge in [0, 0.05) is 7.05 Å². The maximum absolute atomic E-state index is 5.71. The van der Waals surface area contributed by atoms with E-state index < -0.39 is 0 Å². The molecular weight excluding hydrogens is 160 g/mol. The molecule has 0 spiro atoms. The first-order chi connectivity index (χ1) is 5.22. The van der Waals surface area contributed by atoms with E-state index in [1.54, 1.807) is 18.8 Å². The van der Waals surface area contributed by atoms with E-state index in [4.69, 9.17) is 10.6 Å². The molecular formula is C7H16N2OS. The van der Waals surface area contributed by atoms with Crippen LogP contribution in [0.3, 0.4) is 0 Å². The number of rotatable bonds is 6. The molecule has 0 radical (unpaired) electrons. The van der Waals surface area contributed by atoms with Gasteiger partial charge >= 0.3 is 0 Å². The smallest absolute Gasteiger partial charge is 0.133 e. The minimum Gasteiger partial charge on any atom is -0.412 e. The summed E-state index contributed by atoms with van der Waals surface area (Å²) in [5, 5.41) is 0. The lowest BCUT2D eigenvalue weighted by molar-refractivity contribution is 0.113. The van der Waals surface area contributed by atoms with Crippen LogP contribution in [0.15, 0.2) is 12.3 Å². The molecule has 0 aromatic rings. The molecule has 1 atom stereocenters. The van der Waals surface area contributed by atoms with Crippen LogP contribution in [-0.4, -0.2) is 25.1 Å². The van der Waals surface area contributed by atoms with Gasteiger partial charge in [0.15, 0.2) is 0 Å². The predicted molar refractivity (Wildman–Crippen MR) is 50.3 cm³/mol. The Bertz CT molecular complexity index is 119. The van der Waals surface area contributed by atoms with Crippen LogP contribution in [0.2, 0.25) is 0 Å². The molecule has 11 heavy (non-hydrogen) atoms. The maximum atomic E-state index is 5.71. The van der Waals surface area contributed by atoms with Gasteiger partial charge in [-0.1, -0.05) is 6.58 Å². The number of nitrogens with one attached hydrogen (secondary N) is 1. The van der Waals surface area contributed by atoms with Crippen LogP contribution in [0.1, 0.15) is 6.42 Å². The van der Waals surface area contributed by atoms with Gasteiger partial charge in [0.1, 0.15) is 5.76 Å². The number of hydroxylamine groups is 1. The van der Waals surface area contributed by atoms with Crippen molar-refractivity contribution in [3.8, 4) is 0 Å². The third-order valence-electron chi connectivity index (χ3n) is 1.28. The summed E-state index contributed by atoms with van der Waals surface area (Å²) in [5.74, 6) is 1.63. The number of thioether (sulfide) groups is 1. The van der Waals surface area contributed by atoms with Crippen molar-refractivity contribution in [2.45, 2.75) is 12.5 Å². The van der Waals surface area contributed by atoms with Gasteiger partial charge in [0.2, 0.25) is 0 Å². The lowest BCUT2D eigenvalue weighted by Gasteiger charge is -2.13. The Kier molecular flexibility index (Phi) is 6.40. The average Bonchev–Trinajstić information content (AvgIpc) is 2.00. The first kappa shape index (κ1) is 10.8. The number of nitrogens with two attached hydrogens (primary N) is 1. The minimum atomic E-state index is -0.0603. The summed E-state index contributed by atoms with van der Waals surface area (Å²) in [4.78, 5) is 4.92. The molecule has 0 heterocycles. The van der Waals surface area contributed by atoms with E-state index in [0.717, 1.165) is 12.2 Å². The van der Waals surface area contributed by atoms with Crippen molar-refractivity contribution in [1.29, 1.82) is 0 Å². The molecule has 66 valence electrons. The van der Waals surface area contributed by atoms with E-state index in [1.807, 2.05) is 0 Å². The first-order valence-electron chi connectivity index (χ1n) is 3.49. The van der Waals surface area contributed by atoms with Gasteiger partial charge in [-0.05, 0) is 18.4 Å². The molecule has 0 aliphatic carbocycles. The van der Waals surface area contributed by atoms with Crippen LogP contribution in [0, 0.1) is 0 Å². The van der Waals surface area contributed by atoms with Crippen molar-refractivity contribution in [2.24, 2.45) is 5.73 Å². The van der Waals surface area contributed by atoms with Crippen molar-refractivity contribution in [1.82, 2.24) is 5.48 Å². The second kappa shape index (κ2) is 6.52. The quantitative estimate of drug-likeness (QED) is 0.463. The SMILES string of the molecule is C=C(ONC)[C@@H](N)CCSC. The number of hydrogen-bond donors (Lipinski definition) is 2. The van der Waals surface area contributed by atoms with E-state index in [9.17, 15) is 0 Å². The first-order valence-corrected chi connectivity index (χ1v) is 4.88. The number of hydrogen-bond acceptors (Lipinski definition) is 4. The largest absolute Gasteiger partial charge is 0.412 e. The van der Waals surface area contributed by atoms with E-state index in [0.29, 0.717) is 5.76 Å². The third-order valence-corrected chi connectivity index (χ3v) is 1.92. The molecule has 0 bridgehead atoms. The molecule has 0 amide bonds. The van der Waals surface area contributed by atoms with E-state index >= 15 is 0 Å². The van der Waals surface area contributed by atoms with Crippen molar-refractivity contribution in [2.75, 3.05) is 19.1 Å². The van der Waals surface area contributed by atoms with Crippen LogP contribution in [0.25, 0.3) is 0 Å². The fourth-order valence-corrected chi connectivity index (χ4v) is 1.10.